The molecule has 626 valence electrons. The number of nitrogens with zero attached hydrogens (tertiary/aromatic N) is 5. The minimum absolute atomic E-state index is 0.169. The van der Waals surface area contributed by atoms with Crippen LogP contribution < -0.4 is 22.8 Å². The second kappa shape index (κ2) is 40.8. The highest BCUT2D eigenvalue weighted by Gasteiger charge is 2.27. The average molecular weight is 1640 g/mol. The molecule has 5 aromatic heterocycles. The molecule has 1 saturated carbocycles. The van der Waals surface area contributed by atoms with E-state index < -0.39 is 64.2 Å². The molecule has 1 fully saturated rings. The predicted octanol–water partition coefficient (Wildman–Crippen LogP) is 28.2. The quantitative estimate of drug-likeness (QED) is 0.0912. The number of hydrogen-bond acceptors (Lipinski definition) is 0. The minimum atomic E-state index is -2.23. The molecule has 5 heterocycles. The number of aryl methyl sites for hydroxylation is 16. The first-order valence-corrected chi connectivity index (χ1v) is 42.6. The van der Waals surface area contributed by atoms with Gasteiger partial charge in [-0.05, 0) is 288 Å². The maximum Gasteiger partial charge on any atom is 0.212 e. The van der Waals surface area contributed by atoms with Crippen LogP contribution in [0.4, 0.5) is 0 Å². The minimum Gasteiger partial charge on any atom is -0.201 e. The number of hydrogen-bond donors (Lipinski definition) is 0. The molecule has 15 aromatic rings. The van der Waals surface area contributed by atoms with Crippen LogP contribution in [0, 0.1) is 87.1 Å². The first-order valence-electron chi connectivity index (χ1n) is 53.1. The molecule has 0 amide bonds. The Kier molecular flexibility index (Phi) is 21.7. The molecule has 0 spiro atoms. The Bertz CT molecular complexity index is 7090. The number of rotatable bonds is 15. The Morgan fingerprint density at radius 3 is 1.07 bits per heavy atom. The van der Waals surface area contributed by atoms with Gasteiger partial charge in [0.1, 0.15) is 35.2 Å². The highest BCUT2D eigenvalue weighted by molar-refractivity contribution is 5.80. The Labute approximate surface area is 768 Å². The van der Waals surface area contributed by atoms with Crippen LogP contribution in [0.25, 0.3) is 112 Å². The lowest BCUT2D eigenvalue weighted by atomic mass is 9.87. The van der Waals surface area contributed by atoms with Gasteiger partial charge in [-0.1, -0.05) is 249 Å². The monoisotopic (exact) mass is 1640 g/mol. The summed E-state index contributed by atoms with van der Waals surface area (Å²) in [6.07, 6.45) is 9.84. The molecule has 1 aliphatic carbocycles. The van der Waals surface area contributed by atoms with Crippen molar-refractivity contribution in [3.8, 4) is 112 Å². The van der Waals surface area contributed by atoms with Gasteiger partial charge in [-0.15, -0.1) is 0 Å². The molecule has 0 N–H and O–H groups in total. The molecule has 0 atom stereocenters. The first kappa shape index (κ1) is 65.6. The van der Waals surface area contributed by atoms with Gasteiger partial charge >= 0.3 is 0 Å². The summed E-state index contributed by atoms with van der Waals surface area (Å²) in [7, 11) is 9.71. The van der Waals surface area contributed by atoms with Crippen LogP contribution in [0.2, 0.25) is 0 Å². The van der Waals surface area contributed by atoms with Crippen molar-refractivity contribution in [1.82, 2.24) is 0 Å². The molecule has 123 heavy (non-hydrogen) atoms. The van der Waals surface area contributed by atoms with Gasteiger partial charge in [-0.3, -0.25) is 0 Å². The zero-order chi connectivity index (χ0) is 106. The van der Waals surface area contributed by atoms with Crippen molar-refractivity contribution in [1.29, 1.82) is 0 Å². The predicted molar refractivity (Wildman–Crippen MR) is 522 cm³/mol. The molecule has 10 aromatic carbocycles. The van der Waals surface area contributed by atoms with Crippen molar-refractivity contribution in [3.63, 3.8) is 0 Å². The molecular formula is C118H134N5+5. The molecule has 16 rings (SSSR count). The Hall–Kier alpha value is -12.1. The van der Waals surface area contributed by atoms with Crippen molar-refractivity contribution in [3.05, 3.63) is 387 Å². The second-order valence-corrected chi connectivity index (χ2v) is 34.2. The van der Waals surface area contributed by atoms with Gasteiger partial charge < -0.3 is 0 Å². The smallest absolute Gasteiger partial charge is 0.201 e. The Morgan fingerprint density at radius 1 is 0.333 bits per heavy atom. The largest absolute Gasteiger partial charge is 0.212 e. The molecule has 0 bridgehead atoms. The van der Waals surface area contributed by atoms with Gasteiger partial charge in [0.2, 0.25) is 28.5 Å². The van der Waals surface area contributed by atoms with E-state index in [0.717, 1.165) is 147 Å². The maximum absolute atomic E-state index is 9.04. The number of aromatic nitrogens is 5. The molecule has 0 unspecified atom stereocenters. The lowest BCUT2D eigenvalue weighted by Crippen LogP contribution is -2.32. The van der Waals surface area contributed by atoms with E-state index in [1.54, 1.807) is 24.4 Å². The topological polar surface area (TPSA) is 19.4 Å². The van der Waals surface area contributed by atoms with Crippen molar-refractivity contribution >= 4 is 0 Å². The summed E-state index contributed by atoms with van der Waals surface area (Å²) in [5.74, 6) is -1.70. The van der Waals surface area contributed by atoms with Crippen LogP contribution in [0.15, 0.2) is 304 Å². The zero-order valence-electron chi connectivity index (χ0n) is 96.0. The summed E-state index contributed by atoms with van der Waals surface area (Å²) >= 11 is 0. The fourth-order valence-corrected chi connectivity index (χ4v) is 16.1. The van der Waals surface area contributed by atoms with Crippen LogP contribution in [0.3, 0.4) is 0 Å². The summed E-state index contributed by atoms with van der Waals surface area (Å²) < 4.78 is 182. The van der Waals surface area contributed by atoms with Gasteiger partial charge in [0.25, 0.3) is 0 Å². The standard InChI is InChI=1S/C25H28N.C25H30N.C24H28N.C23H26N.C21H22N/c1-18-13-14-22(20-9-5-4-6-10-20)15-24(18)25-16-23(19(2)17-26(25)3)21-11-7-8-12-21;1-18-14-19(2)23(16-22(18)21-10-8-7-9-11-21)24-15-20(12-13-26(24)6)17-25(3,4)5;1-17(2)13-20-11-12-25(5)24(15-20)23-16-22(18(3)14-19(23)4)21-9-7-6-8-10-21;1-16(2)20-11-12-24(5)23(14-20)22-15-21(17(3)13-18(22)4)19-9-7-6-8-10-19;1-15-10-11-22(4)21(12-15)20-14-19(16(2)13-17(20)3)18-8-6-5-7-9-18/h4-6,9-10,13-17,21H,7-8,11-12H2,1-3H3;7-16H,17H2,1-6H3;6-12,14-17H,13H2,1-5H3;6-16H,1-5H3;5-14H,1-4H3/q5*+1/i2D3,21D;1D3,17D2;3D3,13D2;3D3,16D;2D3. The van der Waals surface area contributed by atoms with Crippen LogP contribution in [0.5, 0.6) is 0 Å². The van der Waals surface area contributed by atoms with Crippen LogP contribution in [-0.2, 0) is 48.0 Å². The van der Waals surface area contributed by atoms with Crippen LogP contribution in [-0.4, -0.2) is 0 Å². The lowest BCUT2D eigenvalue weighted by molar-refractivity contribution is -0.660. The van der Waals surface area contributed by atoms with Gasteiger partial charge in [-0.25, -0.2) is 22.8 Å². The fraction of sp³-hybridized carbons (Fsp3) is 0.280. The van der Waals surface area contributed by atoms with E-state index in [0.29, 0.717) is 68.5 Å². The van der Waals surface area contributed by atoms with E-state index in [9.17, 15) is 0 Å². The van der Waals surface area contributed by atoms with Crippen molar-refractivity contribution in [2.75, 3.05) is 0 Å². The third-order valence-corrected chi connectivity index (χ3v) is 22.7. The first-order chi connectivity index (χ1) is 67.1. The average Bonchev–Trinajstić information content (AvgIpc) is 1.46. The SMILES string of the molecule is [2H]C([2H])([2H])c1c[n+](C)c(-c2cc(-c3ccccc3)ccc2C)cc1C1([2H])CCCC1.[2H]C([2H])([2H])c1cc(C)c(-c2cc(C([2H])(C)C)cc[n+]2C)cc1-c1ccccc1.[2H]C([2H])([2H])c1cc(C)c(-c2cc(C([2H])([2H])C(C)(C)C)cc[n+]2C)cc1-c1ccccc1.[2H]C([2H])([2H])c1cc(C)c(-c2cc(C([2H])([2H])C(C)C)cc[n+]2C)cc1-c1ccccc1.[2H]C([2H])([2H])c1cc(C)c(-c2cc(C)cc[n+]2C)cc1-c1ccccc1. The third kappa shape index (κ3) is 22.8. The molecule has 0 saturated heterocycles. The number of benzene rings is 10. The van der Waals surface area contributed by atoms with E-state index in [1.165, 1.54) is 5.56 Å². The van der Waals surface area contributed by atoms with Gasteiger partial charge in [0.05, 0.1) is 0 Å². The summed E-state index contributed by atoms with van der Waals surface area (Å²) in [4.78, 5) is 0. The molecule has 5 nitrogen and oxygen atoms in total. The summed E-state index contributed by atoms with van der Waals surface area (Å²) in [6, 6.07) is 87.6. The van der Waals surface area contributed by atoms with Crippen LogP contribution >= 0.6 is 0 Å². The maximum atomic E-state index is 9.04. The van der Waals surface area contributed by atoms with E-state index in [2.05, 4.69) is 60.9 Å². The Balaban J connectivity index is 0.000000161. The fourth-order valence-electron chi connectivity index (χ4n) is 16.1. The van der Waals surface area contributed by atoms with E-state index in [4.69, 9.17) is 28.8 Å². The Morgan fingerprint density at radius 2 is 0.683 bits per heavy atom. The summed E-state index contributed by atoms with van der Waals surface area (Å²) in [6.45, 7) is 14.0. The molecule has 0 radical (unpaired) electrons. The summed E-state index contributed by atoms with van der Waals surface area (Å²) in [5.41, 5.74) is 28.0. The third-order valence-electron chi connectivity index (χ3n) is 22.7. The zero-order valence-corrected chi connectivity index (χ0v) is 75.0. The van der Waals surface area contributed by atoms with E-state index in [1.807, 2.05) is 367 Å². The van der Waals surface area contributed by atoms with Gasteiger partial charge in [0, 0.05) is 117 Å². The van der Waals surface area contributed by atoms with E-state index in [-0.39, 0.29) is 5.92 Å². The van der Waals surface area contributed by atoms with Crippen LogP contribution in [0.1, 0.15) is 198 Å². The lowest BCUT2D eigenvalue weighted by Gasteiger charge is -2.18. The molecule has 5 heteroatoms. The highest BCUT2D eigenvalue weighted by Crippen LogP contribution is 2.40. The second-order valence-electron chi connectivity index (χ2n) is 34.2. The van der Waals surface area contributed by atoms with Gasteiger partial charge in [-0.2, -0.15) is 0 Å². The highest BCUT2D eigenvalue weighted by atomic mass is 14.9. The van der Waals surface area contributed by atoms with Crippen molar-refractivity contribution in [2.45, 2.75) is 174 Å². The van der Waals surface area contributed by atoms with E-state index >= 15 is 0 Å². The molecule has 1 aliphatic rings. The number of pyridine rings is 5. The molecule has 0 aliphatic heterocycles. The van der Waals surface area contributed by atoms with Gasteiger partial charge in [0.15, 0.2) is 31.0 Å². The summed E-state index contributed by atoms with van der Waals surface area (Å²) in [5, 5.41) is 0. The van der Waals surface area contributed by atoms with Crippen molar-refractivity contribution < 1.29 is 51.6 Å². The van der Waals surface area contributed by atoms with Crippen molar-refractivity contribution in [2.24, 2.45) is 46.6 Å². The normalized spacial score (nSPS) is 15.5. The molecular weight excluding hydrogens is 1490 g/mol.